The number of carbonyl (C=O) groups is 2. The molecule has 0 spiro atoms. The van der Waals surface area contributed by atoms with Gasteiger partial charge < -0.3 is 14.5 Å². The van der Waals surface area contributed by atoms with Crippen LogP contribution < -0.4 is 4.74 Å². The van der Waals surface area contributed by atoms with Crippen LogP contribution in [0.5, 0.6) is 5.75 Å². The van der Waals surface area contributed by atoms with E-state index in [1.54, 1.807) is 23.5 Å². The van der Waals surface area contributed by atoms with E-state index < -0.39 is 6.10 Å². The van der Waals surface area contributed by atoms with E-state index in [-0.39, 0.29) is 11.8 Å². The predicted molar refractivity (Wildman–Crippen MR) is 145 cm³/mol. The van der Waals surface area contributed by atoms with Gasteiger partial charge in [-0.3, -0.25) is 9.59 Å². The van der Waals surface area contributed by atoms with E-state index in [0.29, 0.717) is 18.3 Å². The highest BCUT2D eigenvalue weighted by atomic mass is 32.2. The number of thioether (sulfide) groups is 2. The second-order valence-electron chi connectivity index (χ2n) is 9.18. The lowest BCUT2D eigenvalue weighted by Gasteiger charge is -2.40. The maximum Gasteiger partial charge on any atom is 0.263 e. The Hall–Kier alpha value is -1.71. The maximum absolute atomic E-state index is 13.3. The van der Waals surface area contributed by atoms with Crippen molar-refractivity contribution in [2.75, 3.05) is 38.7 Å². The summed E-state index contributed by atoms with van der Waals surface area (Å²) < 4.78 is 11.5. The minimum Gasteiger partial charge on any atom is -0.481 e. The van der Waals surface area contributed by atoms with Crippen molar-refractivity contribution in [1.82, 2.24) is 14.2 Å². The number of likely N-dealkylation sites (tertiary alicyclic amines) is 2. The molecule has 0 aliphatic carbocycles. The van der Waals surface area contributed by atoms with Crippen LogP contribution in [0.15, 0.2) is 39.6 Å². The van der Waals surface area contributed by atoms with E-state index in [9.17, 15) is 9.59 Å². The highest BCUT2D eigenvalue weighted by Crippen LogP contribution is 2.36. The monoisotopic (exact) mass is 533 g/mol. The summed E-state index contributed by atoms with van der Waals surface area (Å²) in [6.07, 6.45) is 8.38. The Morgan fingerprint density at radius 2 is 1.60 bits per heavy atom. The molecule has 1 unspecified atom stereocenters. The number of rotatable bonds is 8. The van der Waals surface area contributed by atoms with Gasteiger partial charge in [0.2, 0.25) is 0 Å². The maximum atomic E-state index is 13.3. The lowest BCUT2D eigenvalue weighted by atomic mass is 9.78. The Bertz CT molecular complexity index is 963. The first-order chi connectivity index (χ1) is 17.0. The topological polar surface area (TPSA) is 62.7 Å². The van der Waals surface area contributed by atoms with Gasteiger partial charge in [0, 0.05) is 26.2 Å². The van der Waals surface area contributed by atoms with Crippen LogP contribution in [0.25, 0.3) is 0 Å². The summed E-state index contributed by atoms with van der Waals surface area (Å²) in [5.41, 5.74) is 0.795. The first-order valence-corrected chi connectivity index (χ1v) is 15.6. The molecule has 0 N–H and O–H groups in total. The number of para-hydroxylation sites is 1. The third kappa shape index (κ3) is 6.17. The van der Waals surface area contributed by atoms with E-state index in [0.717, 1.165) is 72.4 Å². The average Bonchev–Trinajstić information content (AvgIpc) is 3.35. The van der Waals surface area contributed by atoms with Gasteiger partial charge in [-0.25, -0.2) is 0 Å². The van der Waals surface area contributed by atoms with Crippen LogP contribution in [0, 0.1) is 11.8 Å². The lowest BCUT2D eigenvalue weighted by molar-refractivity contribution is -0.140. The Morgan fingerprint density at radius 1 is 1.00 bits per heavy atom. The predicted octanol–water partition coefficient (Wildman–Crippen LogP) is 5.54. The summed E-state index contributed by atoms with van der Waals surface area (Å²) in [5, 5.41) is 0.852. The number of hydrogen-bond donors (Lipinski definition) is 0. The second kappa shape index (κ2) is 12.5. The molecule has 1 aromatic heterocycles. The zero-order valence-corrected chi connectivity index (χ0v) is 23.2. The third-order valence-corrected chi connectivity index (χ3v) is 9.97. The Labute approximate surface area is 221 Å². The van der Waals surface area contributed by atoms with Gasteiger partial charge in [0.25, 0.3) is 11.8 Å². The molecule has 1 aromatic carbocycles. The standard InChI is InChI=1S/C26H35N3O3S3/c1-4-21(32-20-8-6-5-7-9-20)24(30)28-14-10-18(11-15-28)19-12-16-29(17-13-19)25(31)22-23(33-2)27-35-26(22)34-3/h5-9,18-19,21H,4,10-17H2,1-3H3. The fourth-order valence-corrected chi connectivity index (χ4v) is 7.48. The van der Waals surface area contributed by atoms with Crippen molar-refractivity contribution >= 4 is 46.9 Å². The number of nitrogens with zero attached hydrogens (tertiary/aromatic N) is 3. The van der Waals surface area contributed by atoms with Crippen LogP contribution in [0.3, 0.4) is 0 Å². The van der Waals surface area contributed by atoms with Crippen molar-refractivity contribution in [3.8, 4) is 5.75 Å². The highest BCUT2D eigenvalue weighted by Gasteiger charge is 2.35. The molecule has 2 aliphatic rings. The molecule has 2 aromatic rings. The number of piperidine rings is 2. The van der Waals surface area contributed by atoms with Gasteiger partial charge in [0.05, 0.1) is 9.77 Å². The first kappa shape index (κ1) is 26.4. The molecule has 0 radical (unpaired) electrons. The van der Waals surface area contributed by atoms with E-state index in [2.05, 4.69) is 4.37 Å². The van der Waals surface area contributed by atoms with Gasteiger partial charge in [-0.05, 0) is 80.1 Å². The SMILES string of the molecule is CCC(Oc1ccccc1)C(=O)N1CCC(C2CCN(C(=O)c3c(SC)nsc3SC)CC2)CC1. The minimum atomic E-state index is -0.424. The van der Waals surface area contributed by atoms with E-state index in [1.165, 1.54) is 11.5 Å². The summed E-state index contributed by atoms with van der Waals surface area (Å²) in [6.45, 7) is 5.22. The van der Waals surface area contributed by atoms with Crippen molar-refractivity contribution in [1.29, 1.82) is 0 Å². The third-order valence-electron chi connectivity index (χ3n) is 7.23. The number of amides is 2. The number of hydrogen-bond acceptors (Lipinski definition) is 7. The largest absolute Gasteiger partial charge is 0.481 e. The van der Waals surface area contributed by atoms with Gasteiger partial charge in [-0.1, -0.05) is 25.1 Å². The Morgan fingerprint density at radius 3 is 2.14 bits per heavy atom. The zero-order chi connectivity index (χ0) is 24.8. The molecule has 2 aliphatic heterocycles. The van der Waals surface area contributed by atoms with Crippen LogP contribution in [0.1, 0.15) is 49.4 Å². The molecule has 1 atom stereocenters. The zero-order valence-electron chi connectivity index (χ0n) is 20.8. The van der Waals surface area contributed by atoms with Gasteiger partial charge in [-0.15, -0.1) is 23.5 Å². The smallest absolute Gasteiger partial charge is 0.263 e. The summed E-state index contributed by atoms with van der Waals surface area (Å²) in [7, 11) is 0. The van der Waals surface area contributed by atoms with Crippen molar-refractivity contribution in [2.24, 2.45) is 11.8 Å². The van der Waals surface area contributed by atoms with Gasteiger partial charge >= 0.3 is 0 Å². The summed E-state index contributed by atoms with van der Waals surface area (Å²) in [5.74, 6) is 2.23. The van der Waals surface area contributed by atoms with Crippen molar-refractivity contribution in [3.63, 3.8) is 0 Å². The van der Waals surface area contributed by atoms with Gasteiger partial charge in [-0.2, -0.15) is 4.37 Å². The highest BCUT2D eigenvalue weighted by molar-refractivity contribution is 8.01. The van der Waals surface area contributed by atoms with Crippen LogP contribution >= 0.6 is 35.1 Å². The van der Waals surface area contributed by atoms with Gasteiger partial charge in [0.1, 0.15) is 10.8 Å². The number of carbonyl (C=O) groups excluding carboxylic acids is 2. The van der Waals surface area contributed by atoms with Crippen LogP contribution in [0.4, 0.5) is 0 Å². The van der Waals surface area contributed by atoms with Crippen LogP contribution in [-0.4, -0.2) is 70.8 Å². The second-order valence-corrected chi connectivity index (χ2v) is 11.8. The van der Waals surface area contributed by atoms with Gasteiger partial charge in [0.15, 0.2) is 6.10 Å². The summed E-state index contributed by atoms with van der Waals surface area (Å²) in [4.78, 5) is 30.4. The van der Waals surface area contributed by atoms with Crippen LogP contribution in [-0.2, 0) is 4.79 Å². The van der Waals surface area contributed by atoms with Crippen molar-refractivity contribution in [3.05, 3.63) is 35.9 Å². The average molecular weight is 534 g/mol. The minimum absolute atomic E-state index is 0.105. The quantitative estimate of drug-likeness (QED) is 0.416. The Kier molecular flexibility index (Phi) is 9.41. The van der Waals surface area contributed by atoms with E-state index in [1.807, 2.05) is 59.6 Å². The lowest BCUT2D eigenvalue weighted by Crippen LogP contribution is -2.47. The first-order valence-electron chi connectivity index (χ1n) is 12.4. The molecule has 0 saturated carbocycles. The van der Waals surface area contributed by atoms with E-state index >= 15 is 0 Å². The normalized spacial score (nSPS) is 18.5. The fraction of sp³-hybridized carbons (Fsp3) is 0.577. The number of benzene rings is 1. The molecule has 2 fully saturated rings. The van der Waals surface area contributed by atoms with Crippen LogP contribution in [0.2, 0.25) is 0 Å². The number of aromatic nitrogens is 1. The molecule has 2 saturated heterocycles. The molecule has 4 rings (SSSR count). The van der Waals surface area contributed by atoms with E-state index in [4.69, 9.17) is 4.74 Å². The molecular weight excluding hydrogens is 499 g/mol. The Balaban J connectivity index is 1.27. The molecule has 3 heterocycles. The number of ether oxygens (including phenoxy) is 1. The molecular formula is C26H35N3O3S3. The summed E-state index contributed by atoms with van der Waals surface area (Å²) >= 11 is 4.58. The van der Waals surface area contributed by atoms with Crippen molar-refractivity contribution in [2.45, 2.75) is 54.4 Å². The fourth-order valence-electron chi connectivity index (χ4n) is 5.22. The molecule has 190 valence electrons. The molecule has 6 nitrogen and oxygen atoms in total. The summed E-state index contributed by atoms with van der Waals surface area (Å²) in [6, 6.07) is 9.61. The molecule has 0 bridgehead atoms. The van der Waals surface area contributed by atoms with Crippen molar-refractivity contribution < 1.29 is 14.3 Å². The molecule has 2 amide bonds. The molecule has 9 heteroatoms. The molecule has 35 heavy (non-hydrogen) atoms.